The van der Waals surface area contributed by atoms with Crippen LogP contribution >= 0.6 is 11.6 Å². The first-order chi connectivity index (χ1) is 15.5. The fraction of sp³-hybridized carbons (Fsp3) is 0.458. The van der Waals surface area contributed by atoms with Gasteiger partial charge in [-0.25, -0.2) is 8.42 Å². The number of benzene rings is 2. The van der Waals surface area contributed by atoms with Crippen molar-refractivity contribution < 1.29 is 22.7 Å². The molecule has 0 bridgehead atoms. The van der Waals surface area contributed by atoms with Gasteiger partial charge in [0, 0.05) is 12.0 Å². The topological polar surface area (TPSA) is 84.9 Å². The molecule has 9 heteroatoms. The van der Waals surface area contributed by atoms with Crippen LogP contribution in [0.5, 0.6) is 11.5 Å². The molecule has 180 valence electrons. The number of rotatable bonds is 8. The maximum atomic E-state index is 13.4. The molecule has 2 unspecified atom stereocenters. The van der Waals surface area contributed by atoms with Crippen LogP contribution in [0.3, 0.4) is 0 Å². The fourth-order valence-corrected chi connectivity index (χ4v) is 5.74. The lowest BCUT2D eigenvalue weighted by atomic mass is 9.83. The number of methoxy groups -OCH3 is 1. The number of anilines is 1. The molecule has 3 rings (SSSR count). The molecule has 0 spiro atoms. The molecule has 0 aliphatic carbocycles. The van der Waals surface area contributed by atoms with E-state index in [-0.39, 0.29) is 16.8 Å². The van der Waals surface area contributed by atoms with Crippen molar-refractivity contribution in [3.05, 3.63) is 53.1 Å². The van der Waals surface area contributed by atoms with Crippen LogP contribution < -0.4 is 19.1 Å². The summed E-state index contributed by atoms with van der Waals surface area (Å²) in [5.74, 6) is 0.753. The molecule has 1 amide bonds. The predicted molar refractivity (Wildman–Crippen MR) is 131 cm³/mol. The summed E-state index contributed by atoms with van der Waals surface area (Å²) in [6.45, 7) is 5.70. The van der Waals surface area contributed by atoms with E-state index in [1.165, 1.54) is 13.2 Å². The molecule has 0 saturated heterocycles. The van der Waals surface area contributed by atoms with E-state index in [1.807, 2.05) is 24.3 Å². The molecule has 2 aromatic carbocycles. The molecular formula is C24H31ClN2O5S. The van der Waals surface area contributed by atoms with Gasteiger partial charge in [-0.1, -0.05) is 43.6 Å². The zero-order chi connectivity index (χ0) is 24.4. The van der Waals surface area contributed by atoms with Crippen LogP contribution in [0.2, 0.25) is 5.02 Å². The summed E-state index contributed by atoms with van der Waals surface area (Å²) in [6, 6.07) is 11.0. The summed E-state index contributed by atoms with van der Waals surface area (Å²) >= 11 is 6.22. The maximum absolute atomic E-state index is 13.4. The molecule has 0 aromatic heterocycles. The quantitative estimate of drug-likeness (QED) is 0.574. The second kappa shape index (κ2) is 9.81. The van der Waals surface area contributed by atoms with E-state index in [4.69, 9.17) is 21.1 Å². The number of sulfonamides is 1. The van der Waals surface area contributed by atoms with E-state index in [1.54, 1.807) is 19.1 Å². The number of carbonyl (C=O) groups excluding carboxylic acids is 1. The number of ether oxygens (including phenoxy) is 2. The van der Waals surface area contributed by atoms with Crippen molar-refractivity contribution in [3.63, 3.8) is 0 Å². The van der Waals surface area contributed by atoms with Gasteiger partial charge in [-0.2, -0.15) is 0 Å². The van der Waals surface area contributed by atoms with Crippen molar-refractivity contribution in [3.8, 4) is 11.5 Å². The van der Waals surface area contributed by atoms with Gasteiger partial charge in [0.15, 0.2) is 0 Å². The van der Waals surface area contributed by atoms with Crippen LogP contribution in [0.1, 0.15) is 51.6 Å². The Balaban J connectivity index is 1.92. The number of hydrogen-bond acceptors (Lipinski definition) is 5. The number of fused-ring (bicyclic) bond motifs is 1. The smallest absolute Gasteiger partial charge is 0.244 e. The van der Waals surface area contributed by atoms with Crippen molar-refractivity contribution >= 4 is 33.2 Å². The van der Waals surface area contributed by atoms with E-state index >= 15 is 0 Å². The number of carbonyl (C=O) groups is 1. The molecule has 1 aliphatic heterocycles. The van der Waals surface area contributed by atoms with Gasteiger partial charge in [0.2, 0.25) is 15.9 Å². The molecule has 0 saturated carbocycles. The van der Waals surface area contributed by atoms with Crippen molar-refractivity contribution in [2.45, 2.75) is 57.7 Å². The Kier molecular flexibility index (Phi) is 7.49. The third-order valence-electron chi connectivity index (χ3n) is 6.28. The van der Waals surface area contributed by atoms with Gasteiger partial charge in [-0.15, -0.1) is 0 Å². The van der Waals surface area contributed by atoms with E-state index in [9.17, 15) is 13.2 Å². The van der Waals surface area contributed by atoms with Crippen LogP contribution in [0.25, 0.3) is 0 Å². The molecule has 1 heterocycles. The fourth-order valence-electron chi connectivity index (χ4n) is 4.32. The normalized spacial score (nSPS) is 17.9. The van der Waals surface area contributed by atoms with Crippen LogP contribution in [-0.4, -0.2) is 39.3 Å². The zero-order valence-corrected chi connectivity index (χ0v) is 21.2. The van der Waals surface area contributed by atoms with Gasteiger partial charge < -0.3 is 14.8 Å². The van der Waals surface area contributed by atoms with E-state index in [0.29, 0.717) is 12.2 Å². The van der Waals surface area contributed by atoms with Crippen molar-refractivity contribution in [2.75, 3.05) is 17.7 Å². The highest BCUT2D eigenvalue weighted by Gasteiger charge is 2.40. The SMILES string of the molecule is CCC1(CC)CC(NC(=O)C(C)N(c2ccc(OC)c(Cl)c2)S(C)(=O)=O)c2ccccc2O1. The lowest BCUT2D eigenvalue weighted by Gasteiger charge is -2.42. The van der Waals surface area contributed by atoms with Gasteiger partial charge in [0.1, 0.15) is 23.1 Å². The molecule has 1 N–H and O–H groups in total. The summed E-state index contributed by atoms with van der Waals surface area (Å²) in [7, 11) is -2.31. The molecule has 0 radical (unpaired) electrons. The van der Waals surface area contributed by atoms with Gasteiger partial charge in [-0.05, 0) is 44.0 Å². The third kappa shape index (κ3) is 5.22. The Morgan fingerprint density at radius 1 is 1.27 bits per heavy atom. The molecule has 2 aromatic rings. The van der Waals surface area contributed by atoms with Gasteiger partial charge in [0.05, 0.1) is 30.1 Å². The summed E-state index contributed by atoms with van der Waals surface area (Å²) < 4.78 is 37.9. The molecule has 33 heavy (non-hydrogen) atoms. The first-order valence-corrected chi connectivity index (χ1v) is 13.2. The Morgan fingerprint density at radius 3 is 2.52 bits per heavy atom. The standard InChI is InChI=1S/C24H31ClN2O5S/c1-6-24(7-2)15-20(18-10-8-9-11-21(18)32-24)26-23(28)16(3)27(33(5,29)30)17-12-13-22(31-4)19(25)14-17/h8-14,16,20H,6-7,15H2,1-5H3,(H,26,28). The number of nitrogens with one attached hydrogen (secondary N) is 1. The Labute approximate surface area is 201 Å². The lowest BCUT2D eigenvalue weighted by molar-refractivity contribution is -0.123. The highest BCUT2D eigenvalue weighted by atomic mass is 35.5. The van der Waals surface area contributed by atoms with Crippen molar-refractivity contribution in [2.24, 2.45) is 0 Å². The van der Waals surface area contributed by atoms with Crippen LogP contribution in [0.4, 0.5) is 5.69 Å². The highest BCUT2D eigenvalue weighted by Crippen LogP contribution is 2.42. The van der Waals surface area contributed by atoms with Crippen molar-refractivity contribution in [1.29, 1.82) is 0 Å². The minimum atomic E-state index is -3.78. The summed E-state index contributed by atoms with van der Waals surface area (Å²) in [4.78, 5) is 13.4. The largest absolute Gasteiger partial charge is 0.495 e. The summed E-state index contributed by atoms with van der Waals surface area (Å²) in [6.07, 6.45) is 3.25. The number of hydrogen-bond donors (Lipinski definition) is 1. The monoisotopic (exact) mass is 494 g/mol. The molecule has 1 aliphatic rings. The number of nitrogens with zero attached hydrogens (tertiary/aromatic N) is 1. The lowest BCUT2D eigenvalue weighted by Crippen LogP contribution is -2.51. The van der Waals surface area contributed by atoms with Gasteiger partial charge in [0.25, 0.3) is 0 Å². The summed E-state index contributed by atoms with van der Waals surface area (Å²) in [5, 5.41) is 3.33. The zero-order valence-electron chi connectivity index (χ0n) is 19.6. The Bertz CT molecular complexity index is 1120. The third-order valence-corrected chi connectivity index (χ3v) is 7.82. The Hall–Kier alpha value is -2.45. The van der Waals surface area contributed by atoms with E-state index in [2.05, 4.69) is 19.2 Å². The van der Waals surface area contributed by atoms with Gasteiger partial charge >= 0.3 is 0 Å². The average molecular weight is 495 g/mol. The van der Waals surface area contributed by atoms with Gasteiger partial charge in [-0.3, -0.25) is 9.10 Å². The van der Waals surface area contributed by atoms with Crippen LogP contribution in [-0.2, 0) is 14.8 Å². The highest BCUT2D eigenvalue weighted by molar-refractivity contribution is 7.92. The first kappa shape index (κ1) is 25.2. The maximum Gasteiger partial charge on any atom is 0.244 e. The molecule has 0 fully saturated rings. The number of amides is 1. The minimum absolute atomic E-state index is 0.255. The number of para-hydroxylation sites is 1. The van der Waals surface area contributed by atoms with Crippen LogP contribution in [0, 0.1) is 0 Å². The van der Waals surface area contributed by atoms with E-state index in [0.717, 1.165) is 34.7 Å². The Morgan fingerprint density at radius 2 is 1.94 bits per heavy atom. The van der Waals surface area contributed by atoms with Crippen LogP contribution in [0.15, 0.2) is 42.5 Å². The molecule has 2 atom stereocenters. The second-order valence-electron chi connectivity index (χ2n) is 8.35. The predicted octanol–water partition coefficient (Wildman–Crippen LogP) is 4.70. The number of halogens is 1. The second-order valence-corrected chi connectivity index (χ2v) is 10.6. The average Bonchev–Trinajstić information content (AvgIpc) is 2.78. The van der Waals surface area contributed by atoms with E-state index < -0.39 is 27.6 Å². The molecular weight excluding hydrogens is 464 g/mol. The molecule has 7 nitrogen and oxygen atoms in total. The summed E-state index contributed by atoms with van der Waals surface area (Å²) in [5.41, 5.74) is 0.777. The first-order valence-electron chi connectivity index (χ1n) is 11.0. The van der Waals surface area contributed by atoms with Crippen molar-refractivity contribution in [1.82, 2.24) is 5.32 Å². The minimum Gasteiger partial charge on any atom is -0.495 e.